The van der Waals surface area contributed by atoms with Crippen molar-refractivity contribution in [2.24, 2.45) is 10.8 Å². The number of aliphatic imine (C=N–C) groups is 1. The number of nitrogens with two attached hydrogens (primary N) is 1. The zero-order valence-electron chi connectivity index (χ0n) is 10.4. The second-order valence-electron chi connectivity index (χ2n) is 5.46. The van der Waals surface area contributed by atoms with Crippen molar-refractivity contribution in [2.45, 2.75) is 44.2 Å². The van der Waals surface area contributed by atoms with E-state index >= 15 is 0 Å². The highest BCUT2D eigenvalue weighted by Gasteiger charge is 2.31. The molecular formula is C12H23N5. The van der Waals surface area contributed by atoms with Crippen LogP contribution in [-0.4, -0.2) is 54.0 Å². The number of hydrogen-bond donors (Lipinski definition) is 2. The Morgan fingerprint density at radius 2 is 1.88 bits per heavy atom. The minimum atomic E-state index is 0.534. The van der Waals surface area contributed by atoms with Crippen LogP contribution in [0.3, 0.4) is 0 Å². The fourth-order valence-electron chi connectivity index (χ4n) is 2.93. The lowest BCUT2D eigenvalue weighted by molar-refractivity contribution is 0.249. The zero-order chi connectivity index (χ0) is 11.7. The number of hydrazine groups is 1. The molecule has 1 saturated carbocycles. The van der Waals surface area contributed by atoms with Gasteiger partial charge in [0.15, 0.2) is 0 Å². The lowest BCUT2D eigenvalue weighted by atomic mass is 10.2. The molecule has 17 heavy (non-hydrogen) atoms. The molecule has 96 valence electrons. The summed E-state index contributed by atoms with van der Waals surface area (Å²) in [4.78, 5) is 9.59. The van der Waals surface area contributed by atoms with E-state index in [0.29, 0.717) is 6.04 Å². The van der Waals surface area contributed by atoms with E-state index in [1.807, 2.05) is 0 Å². The molecule has 3 aliphatic rings. The predicted octanol–water partition coefficient (Wildman–Crippen LogP) is 0.138. The quantitative estimate of drug-likeness (QED) is 0.310. The summed E-state index contributed by atoms with van der Waals surface area (Å²) in [6.07, 6.45) is 6.46. The second kappa shape index (κ2) is 4.82. The SMILES string of the molecule is NNC(=NC1CC1)N1CCC(N2CCCC2)C1. The molecule has 0 bridgehead atoms. The Labute approximate surface area is 103 Å². The molecule has 1 unspecified atom stereocenters. The van der Waals surface area contributed by atoms with Gasteiger partial charge >= 0.3 is 0 Å². The Morgan fingerprint density at radius 1 is 1.12 bits per heavy atom. The van der Waals surface area contributed by atoms with E-state index in [-0.39, 0.29) is 0 Å². The largest absolute Gasteiger partial charge is 0.340 e. The zero-order valence-corrected chi connectivity index (χ0v) is 10.4. The van der Waals surface area contributed by atoms with Gasteiger partial charge in [0.1, 0.15) is 0 Å². The number of likely N-dealkylation sites (tertiary alicyclic amines) is 2. The lowest BCUT2D eigenvalue weighted by Crippen LogP contribution is -2.45. The first kappa shape index (κ1) is 11.3. The van der Waals surface area contributed by atoms with Gasteiger partial charge < -0.3 is 4.90 Å². The van der Waals surface area contributed by atoms with Crippen molar-refractivity contribution in [3.63, 3.8) is 0 Å². The fraction of sp³-hybridized carbons (Fsp3) is 0.917. The summed E-state index contributed by atoms with van der Waals surface area (Å²) in [5.41, 5.74) is 2.78. The molecule has 0 aromatic rings. The Bertz CT molecular complexity index is 293. The number of hydrogen-bond acceptors (Lipinski definition) is 3. The van der Waals surface area contributed by atoms with Crippen LogP contribution >= 0.6 is 0 Å². The van der Waals surface area contributed by atoms with Crippen molar-refractivity contribution in [1.29, 1.82) is 0 Å². The van der Waals surface area contributed by atoms with E-state index in [4.69, 9.17) is 5.84 Å². The van der Waals surface area contributed by atoms with E-state index in [2.05, 4.69) is 20.2 Å². The summed E-state index contributed by atoms with van der Waals surface area (Å²) in [6, 6.07) is 1.25. The predicted molar refractivity (Wildman–Crippen MR) is 68.6 cm³/mol. The molecule has 3 rings (SSSR count). The third-order valence-corrected chi connectivity index (χ3v) is 4.10. The molecule has 5 nitrogen and oxygen atoms in total. The van der Waals surface area contributed by atoms with Gasteiger partial charge in [0.25, 0.3) is 0 Å². The van der Waals surface area contributed by atoms with Crippen molar-refractivity contribution < 1.29 is 0 Å². The van der Waals surface area contributed by atoms with Gasteiger partial charge in [-0.25, -0.2) is 10.8 Å². The molecule has 2 saturated heterocycles. The highest BCUT2D eigenvalue weighted by Crippen LogP contribution is 2.25. The second-order valence-corrected chi connectivity index (χ2v) is 5.46. The van der Waals surface area contributed by atoms with Crippen LogP contribution in [0, 0.1) is 0 Å². The highest BCUT2D eigenvalue weighted by molar-refractivity contribution is 5.80. The van der Waals surface area contributed by atoms with Gasteiger partial charge in [-0.15, -0.1) is 0 Å². The Morgan fingerprint density at radius 3 is 2.53 bits per heavy atom. The number of nitrogens with one attached hydrogen (secondary N) is 1. The topological polar surface area (TPSA) is 56.9 Å². The summed E-state index contributed by atoms with van der Waals surface area (Å²) >= 11 is 0. The lowest BCUT2D eigenvalue weighted by Gasteiger charge is -2.24. The van der Waals surface area contributed by atoms with Crippen molar-refractivity contribution in [3.8, 4) is 0 Å². The minimum absolute atomic E-state index is 0.534. The molecule has 1 atom stereocenters. The molecular weight excluding hydrogens is 214 g/mol. The normalized spacial score (nSPS) is 31.2. The first-order valence-corrected chi connectivity index (χ1v) is 6.90. The van der Waals surface area contributed by atoms with Crippen molar-refractivity contribution >= 4 is 5.96 Å². The Hall–Kier alpha value is -0.810. The van der Waals surface area contributed by atoms with Crippen LogP contribution in [0.4, 0.5) is 0 Å². The van der Waals surface area contributed by atoms with Crippen LogP contribution in [-0.2, 0) is 0 Å². The molecule has 0 aromatic carbocycles. The average Bonchev–Trinajstić information content (AvgIpc) is 2.87. The maximum Gasteiger partial charge on any atom is 0.208 e. The average molecular weight is 237 g/mol. The smallest absolute Gasteiger partial charge is 0.208 e. The molecule has 3 fully saturated rings. The van der Waals surface area contributed by atoms with Gasteiger partial charge in [0.2, 0.25) is 5.96 Å². The molecule has 0 amide bonds. The summed E-state index contributed by atoms with van der Waals surface area (Å²) in [6.45, 7) is 4.75. The number of nitrogens with zero attached hydrogens (tertiary/aromatic N) is 3. The maximum absolute atomic E-state index is 5.59. The monoisotopic (exact) mass is 237 g/mol. The Kier molecular flexibility index (Phi) is 3.20. The maximum atomic E-state index is 5.59. The summed E-state index contributed by atoms with van der Waals surface area (Å²) in [5, 5.41) is 0. The van der Waals surface area contributed by atoms with Crippen LogP contribution in [0.2, 0.25) is 0 Å². The van der Waals surface area contributed by atoms with Crippen molar-refractivity contribution in [1.82, 2.24) is 15.2 Å². The first-order valence-electron chi connectivity index (χ1n) is 6.90. The van der Waals surface area contributed by atoms with Gasteiger partial charge in [0.05, 0.1) is 6.04 Å². The molecule has 1 aliphatic carbocycles. The number of guanidine groups is 1. The highest BCUT2D eigenvalue weighted by atomic mass is 15.4. The fourth-order valence-corrected chi connectivity index (χ4v) is 2.93. The van der Waals surface area contributed by atoms with Gasteiger partial charge in [0, 0.05) is 19.1 Å². The van der Waals surface area contributed by atoms with E-state index < -0.39 is 0 Å². The van der Waals surface area contributed by atoms with Gasteiger partial charge in [-0.3, -0.25) is 10.3 Å². The van der Waals surface area contributed by atoms with Crippen LogP contribution in [0.1, 0.15) is 32.1 Å². The summed E-state index contributed by atoms with van der Waals surface area (Å²) < 4.78 is 0. The number of rotatable bonds is 2. The van der Waals surface area contributed by atoms with Crippen molar-refractivity contribution in [3.05, 3.63) is 0 Å². The van der Waals surface area contributed by atoms with E-state index in [9.17, 15) is 0 Å². The van der Waals surface area contributed by atoms with Crippen LogP contribution in [0.5, 0.6) is 0 Å². The molecule has 0 radical (unpaired) electrons. The standard InChI is InChI=1S/C12H23N5/c13-15-12(14-10-3-4-10)17-8-5-11(9-17)16-6-1-2-7-16/h10-11H,1-9,13H2,(H,14,15). The third kappa shape index (κ3) is 2.55. The molecule has 2 aliphatic heterocycles. The molecule has 0 spiro atoms. The van der Waals surface area contributed by atoms with Gasteiger partial charge in [-0.1, -0.05) is 0 Å². The van der Waals surface area contributed by atoms with Gasteiger partial charge in [-0.05, 0) is 45.2 Å². The van der Waals surface area contributed by atoms with E-state index in [0.717, 1.165) is 25.1 Å². The minimum Gasteiger partial charge on any atom is -0.340 e. The van der Waals surface area contributed by atoms with Crippen LogP contribution in [0.15, 0.2) is 4.99 Å². The third-order valence-electron chi connectivity index (χ3n) is 4.10. The van der Waals surface area contributed by atoms with Crippen LogP contribution < -0.4 is 11.3 Å². The van der Waals surface area contributed by atoms with Gasteiger partial charge in [-0.2, -0.15) is 0 Å². The van der Waals surface area contributed by atoms with E-state index in [1.54, 1.807) is 0 Å². The van der Waals surface area contributed by atoms with Crippen LogP contribution in [0.25, 0.3) is 0 Å². The first-order chi connectivity index (χ1) is 8.36. The molecule has 3 N–H and O–H groups in total. The molecule has 5 heteroatoms. The van der Waals surface area contributed by atoms with E-state index in [1.165, 1.54) is 45.2 Å². The Balaban J connectivity index is 1.58. The molecule has 2 heterocycles. The molecule has 0 aromatic heterocycles. The summed E-state index contributed by atoms with van der Waals surface area (Å²) in [7, 11) is 0. The summed E-state index contributed by atoms with van der Waals surface area (Å²) in [5.74, 6) is 6.50. The van der Waals surface area contributed by atoms with Crippen molar-refractivity contribution in [2.75, 3.05) is 26.2 Å².